The first kappa shape index (κ1) is 10.3. The van der Waals surface area contributed by atoms with Crippen LogP contribution in [0.4, 0.5) is 8.78 Å². The van der Waals surface area contributed by atoms with Gasteiger partial charge in [-0.1, -0.05) is 13.8 Å². The lowest BCUT2D eigenvalue weighted by Crippen LogP contribution is -2.55. The van der Waals surface area contributed by atoms with Crippen molar-refractivity contribution in [2.24, 2.45) is 5.92 Å². The minimum Gasteiger partial charge on any atom is -0.311 e. The van der Waals surface area contributed by atoms with Crippen molar-refractivity contribution in [2.75, 3.05) is 19.6 Å². The molecule has 0 aromatic rings. The van der Waals surface area contributed by atoms with Crippen LogP contribution in [0, 0.1) is 5.92 Å². The van der Waals surface area contributed by atoms with Gasteiger partial charge in [0.05, 0.1) is 6.54 Å². The molecule has 2 aliphatic heterocycles. The van der Waals surface area contributed by atoms with Crippen molar-refractivity contribution in [1.29, 1.82) is 0 Å². The van der Waals surface area contributed by atoms with Gasteiger partial charge in [-0.25, -0.2) is 8.78 Å². The maximum atomic E-state index is 13.1. The van der Waals surface area contributed by atoms with Crippen molar-refractivity contribution in [3.8, 4) is 0 Å². The molecule has 0 radical (unpaired) electrons. The number of hydrogen-bond acceptors (Lipinski definition) is 2. The number of piperazine rings is 1. The normalized spacial score (nSPS) is 37.5. The number of rotatable bonds is 1. The Balaban J connectivity index is 1.98. The molecule has 2 heterocycles. The van der Waals surface area contributed by atoms with Crippen LogP contribution in [0.3, 0.4) is 0 Å². The monoisotopic (exact) mass is 204 g/mol. The predicted molar refractivity (Wildman–Crippen MR) is 51.6 cm³/mol. The van der Waals surface area contributed by atoms with Gasteiger partial charge in [-0.3, -0.25) is 4.90 Å². The van der Waals surface area contributed by atoms with E-state index in [1.165, 1.54) is 0 Å². The summed E-state index contributed by atoms with van der Waals surface area (Å²) in [6.07, 6.45) is 0.0326. The molecular formula is C10H18F2N2. The van der Waals surface area contributed by atoms with Gasteiger partial charge in [0.15, 0.2) is 0 Å². The summed E-state index contributed by atoms with van der Waals surface area (Å²) in [5.41, 5.74) is 0. The number of fused-ring (bicyclic) bond motifs is 1. The molecule has 0 unspecified atom stereocenters. The van der Waals surface area contributed by atoms with Gasteiger partial charge >= 0.3 is 0 Å². The standard InChI is InChI=1S/C10H18F2N2/c1-7(2)9-5-14-6-10(11,12)3-8(14)4-13-9/h7-9,13H,3-6H2,1-2H3/t8-,9+/m0/s1. The van der Waals surface area contributed by atoms with Crippen LogP contribution in [0.1, 0.15) is 20.3 Å². The summed E-state index contributed by atoms with van der Waals surface area (Å²) in [5.74, 6) is -1.94. The van der Waals surface area contributed by atoms with Gasteiger partial charge in [0.2, 0.25) is 0 Å². The van der Waals surface area contributed by atoms with Crippen molar-refractivity contribution < 1.29 is 8.78 Å². The maximum Gasteiger partial charge on any atom is 0.262 e. The summed E-state index contributed by atoms with van der Waals surface area (Å²) >= 11 is 0. The highest BCUT2D eigenvalue weighted by molar-refractivity contribution is 4.97. The molecule has 0 aliphatic carbocycles. The smallest absolute Gasteiger partial charge is 0.262 e. The van der Waals surface area contributed by atoms with Gasteiger partial charge in [-0.2, -0.15) is 0 Å². The van der Waals surface area contributed by atoms with Crippen LogP contribution < -0.4 is 5.32 Å². The number of hydrogen-bond donors (Lipinski definition) is 1. The fraction of sp³-hybridized carbons (Fsp3) is 1.00. The summed E-state index contributed by atoms with van der Waals surface area (Å²) in [5, 5.41) is 3.35. The first-order valence-electron chi connectivity index (χ1n) is 5.33. The van der Waals surface area contributed by atoms with E-state index in [4.69, 9.17) is 0 Å². The zero-order valence-corrected chi connectivity index (χ0v) is 8.76. The highest BCUT2D eigenvalue weighted by Gasteiger charge is 2.47. The van der Waals surface area contributed by atoms with Gasteiger partial charge in [0.25, 0.3) is 5.92 Å². The number of alkyl halides is 2. The highest BCUT2D eigenvalue weighted by atomic mass is 19.3. The van der Waals surface area contributed by atoms with Crippen molar-refractivity contribution in [2.45, 2.75) is 38.3 Å². The Morgan fingerprint density at radius 3 is 2.79 bits per heavy atom. The van der Waals surface area contributed by atoms with Crippen LogP contribution in [0.2, 0.25) is 0 Å². The van der Waals surface area contributed by atoms with E-state index in [9.17, 15) is 8.78 Å². The van der Waals surface area contributed by atoms with Crippen molar-refractivity contribution in [1.82, 2.24) is 10.2 Å². The fourth-order valence-corrected chi connectivity index (χ4v) is 2.43. The van der Waals surface area contributed by atoms with Crippen LogP contribution >= 0.6 is 0 Å². The largest absolute Gasteiger partial charge is 0.311 e. The second-order valence-corrected chi connectivity index (χ2v) is 4.90. The number of nitrogens with zero attached hydrogens (tertiary/aromatic N) is 1. The zero-order chi connectivity index (χ0) is 10.3. The summed E-state index contributed by atoms with van der Waals surface area (Å²) in [4.78, 5) is 1.95. The van der Waals surface area contributed by atoms with Crippen LogP contribution in [0.5, 0.6) is 0 Å². The quantitative estimate of drug-likeness (QED) is 0.693. The molecule has 0 amide bonds. The van der Waals surface area contributed by atoms with E-state index in [2.05, 4.69) is 19.2 Å². The molecule has 0 spiro atoms. The Labute approximate surface area is 83.7 Å². The summed E-state index contributed by atoms with van der Waals surface area (Å²) in [6.45, 7) is 5.72. The summed E-state index contributed by atoms with van der Waals surface area (Å²) < 4.78 is 26.2. The molecule has 14 heavy (non-hydrogen) atoms. The molecule has 2 atom stereocenters. The summed E-state index contributed by atoms with van der Waals surface area (Å²) in [6, 6.07) is 0.431. The van der Waals surface area contributed by atoms with Gasteiger partial charge in [-0.05, 0) is 5.92 Å². The topological polar surface area (TPSA) is 15.3 Å². The van der Waals surface area contributed by atoms with E-state index in [0.29, 0.717) is 12.0 Å². The second kappa shape index (κ2) is 3.42. The Morgan fingerprint density at radius 2 is 2.14 bits per heavy atom. The first-order chi connectivity index (χ1) is 6.48. The van der Waals surface area contributed by atoms with E-state index in [1.807, 2.05) is 4.90 Å². The average Bonchev–Trinajstić information content (AvgIpc) is 2.36. The second-order valence-electron chi connectivity index (χ2n) is 4.90. The molecule has 2 rings (SSSR count). The van der Waals surface area contributed by atoms with Crippen molar-refractivity contribution in [3.63, 3.8) is 0 Å². The van der Waals surface area contributed by atoms with Crippen LogP contribution in [-0.2, 0) is 0 Å². The molecule has 2 aliphatic rings. The third-order valence-corrected chi connectivity index (χ3v) is 3.34. The van der Waals surface area contributed by atoms with E-state index in [1.54, 1.807) is 0 Å². The van der Waals surface area contributed by atoms with E-state index < -0.39 is 5.92 Å². The Bertz CT molecular complexity index is 218. The molecule has 0 aromatic heterocycles. The molecule has 2 fully saturated rings. The highest BCUT2D eigenvalue weighted by Crippen LogP contribution is 2.33. The fourth-order valence-electron chi connectivity index (χ4n) is 2.43. The van der Waals surface area contributed by atoms with E-state index in [0.717, 1.165) is 13.1 Å². The van der Waals surface area contributed by atoms with Crippen molar-refractivity contribution in [3.05, 3.63) is 0 Å². The van der Waals surface area contributed by atoms with Gasteiger partial charge < -0.3 is 5.32 Å². The number of nitrogens with one attached hydrogen (secondary N) is 1. The van der Waals surface area contributed by atoms with Gasteiger partial charge in [-0.15, -0.1) is 0 Å². The molecule has 0 aromatic carbocycles. The SMILES string of the molecule is CC(C)[C@H]1CN2CC(F)(F)C[C@H]2CN1. The number of halogens is 2. The zero-order valence-electron chi connectivity index (χ0n) is 8.76. The molecule has 2 saturated heterocycles. The third-order valence-electron chi connectivity index (χ3n) is 3.34. The third kappa shape index (κ3) is 1.91. The Kier molecular flexibility index (Phi) is 2.52. The molecule has 0 bridgehead atoms. The molecular weight excluding hydrogens is 186 g/mol. The predicted octanol–water partition coefficient (Wildman–Crippen LogP) is 1.32. The lowest BCUT2D eigenvalue weighted by atomic mass is 10.0. The molecule has 2 nitrogen and oxygen atoms in total. The minimum absolute atomic E-state index is 0.0326. The lowest BCUT2D eigenvalue weighted by molar-refractivity contribution is 0.0112. The molecule has 1 N–H and O–H groups in total. The van der Waals surface area contributed by atoms with Crippen LogP contribution in [0.15, 0.2) is 0 Å². The van der Waals surface area contributed by atoms with Crippen LogP contribution in [-0.4, -0.2) is 42.5 Å². The molecule has 4 heteroatoms. The van der Waals surface area contributed by atoms with Gasteiger partial charge in [0.1, 0.15) is 0 Å². The molecule has 82 valence electrons. The van der Waals surface area contributed by atoms with Crippen LogP contribution in [0.25, 0.3) is 0 Å². The molecule has 0 saturated carbocycles. The average molecular weight is 204 g/mol. The van der Waals surface area contributed by atoms with E-state index in [-0.39, 0.29) is 19.0 Å². The Hall–Kier alpha value is -0.220. The van der Waals surface area contributed by atoms with E-state index >= 15 is 0 Å². The Morgan fingerprint density at radius 1 is 1.43 bits per heavy atom. The van der Waals surface area contributed by atoms with Gasteiger partial charge in [0, 0.05) is 31.6 Å². The van der Waals surface area contributed by atoms with Crippen molar-refractivity contribution >= 4 is 0 Å². The lowest BCUT2D eigenvalue weighted by Gasteiger charge is -2.37. The minimum atomic E-state index is -2.46. The first-order valence-corrected chi connectivity index (χ1v) is 5.33. The maximum absolute atomic E-state index is 13.1. The summed E-state index contributed by atoms with van der Waals surface area (Å²) in [7, 11) is 0.